The van der Waals surface area contributed by atoms with Gasteiger partial charge < -0.3 is 9.73 Å². The van der Waals surface area contributed by atoms with E-state index in [4.69, 9.17) is 16.0 Å². The van der Waals surface area contributed by atoms with E-state index >= 15 is 0 Å². The summed E-state index contributed by atoms with van der Waals surface area (Å²) in [6.07, 6.45) is 1.59. The fourth-order valence-electron chi connectivity index (χ4n) is 1.78. The highest BCUT2D eigenvalue weighted by molar-refractivity contribution is 6.30. The van der Waals surface area contributed by atoms with Gasteiger partial charge in [0.1, 0.15) is 5.76 Å². The third-order valence-corrected chi connectivity index (χ3v) is 3.04. The molecular weight excluding hydrogens is 268 g/mol. The van der Waals surface area contributed by atoms with Crippen molar-refractivity contribution in [1.82, 2.24) is 5.32 Å². The Balaban J connectivity index is 2.10. The van der Waals surface area contributed by atoms with Crippen LogP contribution in [0.2, 0.25) is 5.02 Å². The van der Waals surface area contributed by atoms with Crippen molar-refractivity contribution in [1.29, 1.82) is 0 Å². The Morgan fingerprint density at radius 1 is 1.47 bits per heavy atom. The number of rotatable bonds is 5. The smallest absolute Gasteiger partial charge is 0.273 e. The predicted octanol–water partition coefficient (Wildman–Crippen LogP) is 3.69. The fraction of sp³-hybridized carbons (Fsp3) is 0.231. The van der Waals surface area contributed by atoms with Crippen LogP contribution in [0.1, 0.15) is 24.3 Å². The maximum Gasteiger partial charge on any atom is 0.273 e. The monoisotopic (exact) mass is 280 g/mol. The minimum absolute atomic E-state index is 0.0337. The standard InChI is InChI=1S/C13H13ClN2O3/c1-9(13-3-2-6-19-13)15-8-10-7-11(14)4-5-12(10)16(17)18/h2-7,9,15H,8H2,1H3. The topological polar surface area (TPSA) is 68.3 Å². The number of nitro benzene ring substituents is 1. The van der Waals surface area contributed by atoms with E-state index in [0.29, 0.717) is 17.1 Å². The summed E-state index contributed by atoms with van der Waals surface area (Å²) in [5.41, 5.74) is 0.611. The highest BCUT2D eigenvalue weighted by Crippen LogP contribution is 2.23. The van der Waals surface area contributed by atoms with Gasteiger partial charge in [0.15, 0.2) is 0 Å². The van der Waals surface area contributed by atoms with Crippen LogP contribution in [0, 0.1) is 10.1 Å². The van der Waals surface area contributed by atoms with Gasteiger partial charge in [-0.2, -0.15) is 0 Å². The Morgan fingerprint density at radius 3 is 2.89 bits per heavy atom. The third-order valence-electron chi connectivity index (χ3n) is 2.81. The first-order valence-electron chi connectivity index (χ1n) is 5.77. The average Bonchev–Trinajstić information content (AvgIpc) is 2.89. The molecule has 0 saturated heterocycles. The summed E-state index contributed by atoms with van der Waals surface area (Å²) in [7, 11) is 0. The molecule has 0 aliphatic carbocycles. The maximum atomic E-state index is 10.9. The van der Waals surface area contributed by atoms with Crippen LogP contribution < -0.4 is 5.32 Å². The van der Waals surface area contributed by atoms with E-state index in [1.54, 1.807) is 18.4 Å². The van der Waals surface area contributed by atoms with E-state index in [9.17, 15) is 10.1 Å². The second-order valence-electron chi connectivity index (χ2n) is 4.15. The summed E-state index contributed by atoms with van der Waals surface area (Å²) in [5.74, 6) is 0.782. The number of nitro groups is 1. The van der Waals surface area contributed by atoms with Gasteiger partial charge in [-0.1, -0.05) is 11.6 Å². The molecule has 0 radical (unpaired) electrons. The van der Waals surface area contributed by atoms with Crippen LogP contribution in [0.5, 0.6) is 0 Å². The van der Waals surface area contributed by atoms with Crippen LogP contribution in [0.25, 0.3) is 0 Å². The normalized spacial score (nSPS) is 12.3. The number of halogens is 1. The van der Waals surface area contributed by atoms with Crippen LogP contribution >= 0.6 is 11.6 Å². The quantitative estimate of drug-likeness (QED) is 0.670. The average molecular weight is 281 g/mol. The lowest BCUT2D eigenvalue weighted by molar-refractivity contribution is -0.385. The summed E-state index contributed by atoms with van der Waals surface area (Å²) in [5, 5.41) is 14.6. The number of nitrogens with one attached hydrogen (secondary N) is 1. The molecule has 0 aliphatic rings. The molecule has 5 nitrogen and oxygen atoms in total. The number of hydrogen-bond donors (Lipinski definition) is 1. The molecule has 19 heavy (non-hydrogen) atoms. The largest absolute Gasteiger partial charge is 0.468 e. The van der Waals surface area contributed by atoms with E-state index in [1.165, 1.54) is 12.1 Å². The number of hydrogen-bond acceptors (Lipinski definition) is 4. The van der Waals surface area contributed by atoms with Crippen LogP contribution in [0.4, 0.5) is 5.69 Å². The molecule has 1 atom stereocenters. The van der Waals surface area contributed by atoms with Gasteiger partial charge in [0.2, 0.25) is 0 Å². The highest BCUT2D eigenvalue weighted by atomic mass is 35.5. The Hall–Kier alpha value is -1.85. The zero-order valence-electron chi connectivity index (χ0n) is 10.3. The Bertz CT molecular complexity index is 569. The SMILES string of the molecule is CC(NCc1cc(Cl)ccc1[N+](=O)[O-])c1ccco1. The molecule has 1 unspecified atom stereocenters. The lowest BCUT2D eigenvalue weighted by Crippen LogP contribution is -2.18. The maximum absolute atomic E-state index is 10.9. The van der Waals surface area contributed by atoms with Crippen molar-refractivity contribution in [3.63, 3.8) is 0 Å². The molecule has 1 aromatic carbocycles. The van der Waals surface area contributed by atoms with E-state index in [-0.39, 0.29) is 11.7 Å². The molecule has 0 fully saturated rings. The molecule has 2 aromatic rings. The predicted molar refractivity (Wildman–Crippen MR) is 72.1 cm³/mol. The number of benzene rings is 1. The molecule has 1 aromatic heterocycles. The van der Waals surface area contributed by atoms with Crippen molar-refractivity contribution in [3.8, 4) is 0 Å². The molecule has 6 heteroatoms. The molecule has 0 amide bonds. The van der Waals surface area contributed by atoms with Crippen molar-refractivity contribution in [2.45, 2.75) is 19.5 Å². The minimum atomic E-state index is -0.412. The lowest BCUT2D eigenvalue weighted by Gasteiger charge is -2.11. The molecular formula is C13H13ClN2O3. The van der Waals surface area contributed by atoms with Crippen molar-refractivity contribution >= 4 is 17.3 Å². The fourth-order valence-corrected chi connectivity index (χ4v) is 1.97. The zero-order chi connectivity index (χ0) is 13.8. The molecule has 0 bridgehead atoms. The molecule has 2 rings (SSSR count). The van der Waals surface area contributed by atoms with Crippen LogP contribution in [0.3, 0.4) is 0 Å². The molecule has 1 N–H and O–H groups in total. The van der Waals surface area contributed by atoms with E-state index in [1.807, 2.05) is 13.0 Å². The Morgan fingerprint density at radius 2 is 2.26 bits per heavy atom. The molecule has 0 spiro atoms. The Labute approximate surface area is 115 Å². The van der Waals surface area contributed by atoms with Crippen LogP contribution in [-0.2, 0) is 6.54 Å². The van der Waals surface area contributed by atoms with Crippen molar-refractivity contribution in [2.24, 2.45) is 0 Å². The minimum Gasteiger partial charge on any atom is -0.468 e. The van der Waals surface area contributed by atoms with Gasteiger partial charge >= 0.3 is 0 Å². The number of furan rings is 1. The van der Waals surface area contributed by atoms with Gasteiger partial charge in [0.25, 0.3) is 5.69 Å². The zero-order valence-corrected chi connectivity index (χ0v) is 11.1. The summed E-state index contributed by atoms with van der Waals surface area (Å²) < 4.78 is 5.26. The van der Waals surface area contributed by atoms with Crippen LogP contribution in [0.15, 0.2) is 41.0 Å². The summed E-state index contributed by atoms with van der Waals surface area (Å²) in [4.78, 5) is 10.5. The van der Waals surface area contributed by atoms with E-state index in [2.05, 4.69) is 5.32 Å². The van der Waals surface area contributed by atoms with Crippen LogP contribution in [-0.4, -0.2) is 4.92 Å². The lowest BCUT2D eigenvalue weighted by atomic mass is 10.1. The van der Waals surface area contributed by atoms with E-state index in [0.717, 1.165) is 5.76 Å². The first kappa shape index (κ1) is 13.6. The summed E-state index contributed by atoms with van der Waals surface area (Å²) in [6.45, 7) is 2.27. The molecule has 0 aliphatic heterocycles. The Kier molecular flexibility index (Phi) is 4.19. The van der Waals surface area contributed by atoms with Gasteiger partial charge in [0, 0.05) is 23.2 Å². The molecule has 1 heterocycles. The molecule has 0 saturated carbocycles. The van der Waals surface area contributed by atoms with Crippen molar-refractivity contribution in [3.05, 3.63) is 63.1 Å². The first-order chi connectivity index (χ1) is 9.08. The van der Waals surface area contributed by atoms with Gasteiger partial charge in [-0.3, -0.25) is 10.1 Å². The van der Waals surface area contributed by atoms with Gasteiger partial charge in [0.05, 0.1) is 17.2 Å². The second kappa shape index (κ2) is 5.86. The van der Waals surface area contributed by atoms with E-state index < -0.39 is 4.92 Å². The first-order valence-corrected chi connectivity index (χ1v) is 6.15. The second-order valence-corrected chi connectivity index (χ2v) is 4.58. The highest BCUT2D eigenvalue weighted by Gasteiger charge is 2.15. The summed E-state index contributed by atoms with van der Waals surface area (Å²) >= 11 is 5.87. The van der Waals surface area contributed by atoms with Gasteiger partial charge in [-0.25, -0.2) is 0 Å². The number of nitrogens with zero attached hydrogens (tertiary/aromatic N) is 1. The van der Waals surface area contributed by atoms with Crippen molar-refractivity contribution < 1.29 is 9.34 Å². The molecule has 100 valence electrons. The van der Waals surface area contributed by atoms with Crippen molar-refractivity contribution in [2.75, 3.05) is 0 Å². The third kappa shape index (κ3) is 3.33. The summed E-state index contributed by atoms with van der Waals surface area (Å²) in [6, 6.07) is 8.14. The van der Waals surface area contributed by atoms with Gasteiger partial charge in [-0.15, -0.1) is 0 Å². The van der Waals surface area contributed by atoms with Gasteiger partial charge in [-0.05, 0) is 31.2 Å².